The van der Waals surface area contributed by atoms with E-state index in [0.29, 0.717) is 0 Å². The lowest BCUT2D eigenvalue weighted by molar-refractivity contribution is 0.232. The van der Waals surface area contributed by atoms with Crippen molar-refractivity contribution in [3.63, 3.8) is 0 Å². The molecule has 0 fully saturated rings. The van der Waals surface area contributed by atoms with Gasteiger partial charge in [0.25, 0.3) is 0 Å². The molecule has 0 aromatic carbocycles. The van der Waals surface area contributed by atoms with E-state index in [2.05, 4.69) is 9.18 Å². The lowest BCUT2D eigenvalue weighted by atomic mass is 10.7. The predicted octanol–water partition coefficient (Wildman–Crippen LogP) is -1.24. The first-order valence-electron chi connectivity index (χ1n) is 2.39. The molecule has 0 amide bonds. The van der Waals surface area contributed by atoms with E-state index in [4.69, 9.17) is 16.0 Å². The highest BCUT2D eigenvalue weighted by Crippen LogP contribution is 1.92. The Morgan fingerprint density at radius 2 is 2.30 bits per heavy atom. The molecule has 0 radical (unpaired) electrons. The Kier molecular flexibility index (Phi) is 3.93. The van der Waals surface area contributed by atoms with E-state index < -0.39 is 17.6 Å². The van der Waals surface area contributed by atoms with Gasteiger partial charge in [-0.05, 0) is 6.92 Å². The van der Waals surface area contributed by atoms with Gasteiger partial charge in [-0.3, -0.25) is 4.55 Å². The van der Waals surface area contributed by atoms with Crippen LogP contribution in [0, 0.1) is 0 Å². The van der Waals surface area contributed by atoms with Gasteiger partial charge in [0.1, 0.15) is 0 Å². The molecule has 0 saturated carbocycles. The van der Waals surface area contributed by atoms with E-state index in [1.807, 2.05) is 0 Å². The van der Waals surface area contributed by atoms with Crippen molar-refractivity contribution in [1.82, 2.24) is 0 Å². The number of nitrogens with zero attached hydrogens (tertiary/aromatic N) is 1. The van der Waals surface area contributed by atoms with Crippen molar-refractivity contribution in [3.8, 4) is 0 Å². The molecular formula is C3H9N3O3S. The van der Waals surface area contributed by atoms with Gasteiger partial charge in [-0.25, -0.2) is 9.18 Å². The number of guanidine groups is 1. The average Bonchev–Trinajstić information content (AvgIpc) is 1.58. The van der Waals surface area contributed by atoms with Crippen LogP contribution in [-0.4, -0.2) is 20.9 Å². The van der Waals surface area contributed by atoms with Crippen LogP contribution in [0.1, 0.15) is 6.92 Å². The summed E-state index contributed by atoms with van der Waals surface area (Å²) in [6.07, 6.45) is -0.796. The zero-order chi connectivity index (χ0) is 8.15. The molecule has 0 spiro atoms. The average molecular weight is 167 g/mol. The summed E-state index contributed by atoms with van der Waals surface area (Å²) in [6, 6.07) is 0. The number of aliphatic imine (C=N–C) groups is 1. The largest absolute Gasteiger partial charge is 0.370 e. The summed E-state index contributed by atoms with van der Waals surface area (Å²) >= 11 is -2.33. The lowest BCUT2D eigenvalue weighted by Crippen LogP contribution is -2.25. The molecule has 0 heterocycles. The molecule has 0 aliphatic rings. The molecule has 0 saturated heterocycles. The maximum Gasteiger partial charge on any atom is 0.304 e. The Morgan fingerprint density at radius 1 is 1.80 bits per heavy atom. The van der Waals surface area contributed by atoms with Crippen LogP contribution in [0.2, 0.25) is 0 Å². The van der Waals surface area contributed by atoms with Crippen LogP contribution in [0.15, 0.2) is 4.99 Å². The fourth-order valence-electron chi connectivity index (χ4n) is 0.351. The van der Waals surface area contributed by atoms with E-state index in [1.54, 1.807) is 0 Å². The summed E-state index contributed by atoms with van der Waals surface area (Å²) in [5.74, 6) is -0.182. The minimum absolute atomic E-state index is 0.182. The van der Waals surface area contributed by atoms with Crippen LogP contribution >= 0.6 is 0 Å². The fraction of sp³-hybridized carbons (Fsp3) is 0.667. The Bertz CT molecular complexity index is 155. The van der Waals surface area contributed by atoms with Crippen molar-refractivity contribution >= 4 is 17.3 Å². The monoisotopic (exact) mass is 167 g/mol. The third-order valence-corrected chi connectivity index (χ3v) is 0.996. The SMILES string of the molecule is CC(N=C(N)N)OS(=O)O. The van der Waals surface area contributed by atoms with Crippen molar-refractivity contribution in [2.45, 2.75) is 13.2 Å². The summed E-state index contributed by atoms with van der Waals surface area (Å²) < 4.78 is 22.3. The number of hydrogen-bond acceptors (Lipinski definition) is 3. The molecule has 10 heavy (non-hydrogen) atoms. The molecule has 0 rings (SSSR count). The van der Waals surface area contributed by atoms with E-state index in [9.17, 15) is 4.21 Å². The topological polar surface area (TPSA) is 111 Å². The van der Waals surface area contributed by atoms with Crippen molar-refractivity contribution < 1.29 is 12.9 Å². The summed E-state index contributed by atoms with van der Waals surface area (Å²) in [7, 11) is 0. The first kappa shape index (κ1) is 9.34. The molecule has 0 bridgehead atoms. The van der Waals surface area contributed by atoms with Crippen LogP contribution < -0.4 is 11.5 Å². The Balaban J connectivity index is 3.75. The summed E-state index contributed by atoms with van der Waals surface area (Å²) in [5.41, 5.74) is 9.87. The number of nitrogens with two attached hydrogens (primary N) is 2. The van der Waals surface area contributed by atoms with E-state index in [-0.39, 0.29) is 5.96 Å². The minimum atomic E-state index is -2.33. The Morgan fingerprint density at radius 3 is 2.60 bits per heavy atom. The van der Waals surface area contributed by atoms with Gasteiger partial charge in [0.15, 0.2) is 12.2 Å². The maximum atomic E-state index is 9.93. The molecule has 2 unspecified atom stereocenters. The summed E-state index contributed by atoms with van der Waals surface area (Å²) in [5, 5.41) is 0. The van der Waals surface area contributed by atoms with Crippen LogP contribution in [0.4, 0.5) is 0 Å². The molecule has 0 aliphatic carbocycles. The molecule has 5 N–H and O–H groups in total. The molecule has 2 atom stereocenters. The first-order valence-corrected chi connectivity index (χ1v) is 3.42. The van der Waals surface area contributed by atoms with Gasteiger partial charge >= 0.3 is 11.4 Å². The lowest BCUT2D eigenvalue weighted by Gasteiger charge is -2.02. The van der Waals surface area contributed by atoms with Gasteiger partial charge in [0.05, 0.1) is 0 Å². The zero-order valence-electron chi connectivity index (χ0n) is 5.35. The molecule has 60 valence electrons. The van der Waals surface area contributed by atoms with E-state index in [1.165, 1.54) is 6.92 Å². The molecule has 6 nitrogen and oxygen atoms in total. The quantitative estimate of drug-likeness (QED) is 0.276. The Hall–Kier alpha value is -0.660. The maximum absolute atomic E-state index is 9.93. The van der Waals surface area contributed by atoms with Crippen molar-refractivity contribution in [2.24, 2.45) is 16.5 Å². The van der Waals surface area contributed by atoms with Crippen molar-refractivity contribution in [1.29, 1.82) is 0 Å². The second-order valence-corrected chi connectivity index (χ2v) is 2.09. The second-order valence-electron chi connectivity index (χ2n) is 1.47. The standard InChI is InChI=1S/C3H9N3O3S/c1-2(6-3(4)5)9-10(7)8/h2H,1H3,(H,7,8)(H4,4,5,6). The summed E-state index contributed by atoms with van der Waals surface area (Å²) in [6.45, 7) is 1.44. The molecular weight excluding hydrogens is 158 g/mol. The third kappa shape index (κ3) is 5.48. The third-order valence-electron chi connectivity index (χ3n) is 0.552. The van der Waals surface area contributed by atoms with Crippen LogP contribution in [0.25, 0.3) is 0 Å². The highest BCUT2D eigenvalue weighted by atomic mass is 32.2. The molecule has 0 aromatic heterocycles. The first-order chi connectivity index (χ1) is 4.52. The van der Waals surface area contributed by atoms with Crippen LogP contribution in [0.3, 0.4) is 0 Å². The second kappa shape index (κ2) is 4.20. The smallest absolute Gasteiger partial charge is 0.304 e. The van der Waals surface area contributed by atoms with Gasteiger partial charge in [0.2, 0.25) is 0 Å². The highest BCUT2D eigenvalue weighted by molar-refractivity contribution is 7.74. The van der Waals surface area contributed by atoms with Crippen molar-refractivity contribution in [3.05, 3.63) is 0 Å². The predicted molar refractivity (Wildman–Crippen MR) is 37.1 cm³/mol. The number of hydrogen-bond donors (Lipinski definition) is 3. The highest BCUT2D eigenvalue weighted by Gasteiger charge is 2.02. The van der Waals surface area contributed by atoms with Gasteiger partial charge in [-0.15, -0.1) is 0 Å². The van der Waals surface area contributed by atoms with Gasteiger partial charge in [-0.1, -0.05) is 0 Å². The molecule has 7 heteroatoms. The van der Waals surface area contributed by atoms with Gasteiger partial charge in [-0.2, -0.15) is 4.21 Å². The van der Waals surface area contributed by atoms with E-state index in [0.717, 1.165) is 0 Å². The van der Waals surface area contributed by atoms with Gasteiger partial charge in [0, 0.05) is 0 Å². The molecule has 0 aromatic rings. The molecule has 0 aliphatic heterocycles. The van der Waals surface area contributed by atoms with Gasteiger partial charge < -0.3 is 11.5 Å². The van der Waals surface area contributed by atoms with E-state index >= 15 is 0 Å². The van der Waals surface area contributed by atoms with Crippen molar-refractivity contribution in [2.75, 3.05) is 0 Å². The van der Waals surface area contributed by atoms with Crippen LogP contribution in [0.5, 0.6) is 0 Å². The fourth-order valence-corrected chi connectivity index (χ4v) is 0.632. The zero-order valence-corrected chi connectivity index (χ0v) is 6.17. The normalized spacial score (nSPS) is 15.8. The number of rotatable bonds is 3. The van der Waals surface area contributed by atoms with Crippen LogP contribution in [-0.2, 0) is 15.5 Å². The summed E-state index contributed by atoms with van der Waals surface area (Å²) in [4.78, 5) is 3.41. The Labute approximate surface area is 60.7 Å². The minimum Gasteiger partial charge on any atom is -0.370 e.